The number of thiazole rings is 1. The standard InChI is InChI=1S/C16H22N4OS.2ClH/c1-20(13-7-3-2-4-8-13)10-6-5-9-18-16(21)14-12-22-15(11-17)19-14;;/h2-4,7-8,12H,5-6,9-11,17H2,1H3,(H,18,21);2*1H. The lowest BCUT2D eigenvalue weighted by atomic mass is 10.2. The Morgan fingerprint density at radius 1 is 1.25 bits per heavy atom. The molecule has 2 rings (SSSR count). The zero-order chi connectivity index (χ0) is 15.8. The summed E-state index contributed by atoms with van der Waals surface area (Å²) < 4.78 is 0. The number of nitrogens with two attached hydrogens (primary N) is 1. The van der Waals surface area contributed by atoms with E-state index >= 15 is 0 Å². The number of carbonyl (C=O) groups is 1. The van der Waals surface area contributed by atoms with Crippen LogP contribution in [0.3, 0.4) is 0 Å². The van der Waals surface area contributed by atoms with Gasteiger partial charge in [-0.05, 0) is 25.0 Å². The molecule has 0 saturated carbocycles. The Hall–Kier alpha value is -1.34. The van der Waals surface area contributed by atoms with E-state index in [1.165, 1.54) is 17.0 Å². The van der Waals surface area contributed by atoms with Crippen LogP contribution in [0.1, 0.15) is 28.3 Å². The number of anilines is 1. The van der Waals surface area contributed by atoms with Gasteiger partial charge < -0.3 is 16.0 Å². The average Bonchev–Trinajstić information content (AvgIpc) is 3.04. The van der Waals surface area contributed by atoms with Crippen molar-refractivity contribution in [3.05, 3.63) is 46.4 Å². The number of aromatic nitrogens is 1. The van der Waals surface area contributed by atoms with Crippen LogP contribution in [0.5, 0.6) is 0 Å². The zero-order valence-electron chi connectivity index (χ0n) is 13.6. The van der Waals surface area contributed by atoms with E-state index in [0.29, 0.717) is 18.8 Å². The summed E-state index contributed by atoms with van der Waals surface area (Å²) in [6, 6.07) is 10.3. The summed E-state index contributed by atoms with van der Waals surface area (Å²) in [4.78, 5) is 18.3. The van der Waals surface area contributed by atoms with Gasteiger partial charge in [0, 0.05) is 37.7 Å². The second-order valence-electron chi connectivity index (χ2n) is 5.05. The maximum Gasteiger partial charge on any atom is 0.270 e. The van der Waals surface area contributed by atoms with E-state index in [4.69, 9.17) is 5.73 Å². The molecule has 1 amide bonds. The molecular weight excluding hydrogens is 367 g/mol. The number of hydrogen-bond donors (Lipinski definition) is 2. The van der Waals surface area contributed by atoms with Crippen molar-refractivity contribution in [1.82, 2.24) is 10.3 Å². The maximum absolute atomic E-state index is 11.9. The summed E-state index contributed by atoms with van der Waals surface area (Å²) in [5, 5.41) is 5.43. The van der Waals surface area contributed by atoms with Gasteiger partial charge in [-0.2, -0.15) is 0 Å². The fourth-order valence-corrected chi connectivity index (χ4v) is 2.74. The highest BCUT2D eigenvalue weighted by Gasteiger charge is 2.09. The van der Waals surface area contributed by atoms with Crippen LogP contribution in [0.2, 0.25) is 0 Å². The van der Waals surface area contributed by atoms with Crippen molar-refractivity contribution in [3.8, 4) is 0 Å². The van der Waals surface area contributed by atoms with E-state index in [1.54, 1.807) is 5.38 Å². The smallest absolute Gasteiger partial charge is 0.270 e. The van der Waals surface area contributed by atoms with Gasteiger partial charge in [-0.1, -0.05) is 18.2 Å². The minimum absolute atomic E-state index is 0. The van der Waals surface area contributed by atoms with Gasteiger partial charge in [-0.25, -0.2) is 4.98 Å². The number of halogens is 2. The van der Waals surface area contributed by atoms with Crippen molar-refractivity contribution in [2.24, 2.45) is 5.73 Å². The number of carbonyl (C=O) groups excluding carboxylic acids is 1. The number of nitrogens with one attached hydrogen (secondary N) is 1. The fourth-order valence-electron chi connectivity index (χ4n) is 2.09. The van der Waals surface area contributed by atoms with Crippen molar-refractivity contribution >= 4 is 47.7 Å². The number of unbranched alkanes of at least 4 members (excludes halogenated alkanes) is 1. The predicted octanol–water partition coefficient (Wildman–Crippen LogP) is 3.09. The topological polar surface area (TPSA) is 71.2 Å². The van der Waals surface area contributed by atoms with Gasteiger partial charge in [0.05, 0.1) is 0 Å². The van der Waals surface area contributed by atoms with Gasteiger partial charge in [0.25, 0.3) is 5.91 Å². The number of amides is 1. The molecule has 1 aromatic heterocycles. The lowest BCUT2D eigenvalue weighted by molar-refractivity contribution is 0.0948. The summed E-state index contributed by atoms with van der Waals surface area (Å²) in [5.41, 5.74) is 7.17. The first kappa shape index (κ1) is 22.7. The molecule has 24 heavy (non-hydrogen) atoms. The average molecular weight is 391 g/mol. The van der Waals surface area contributed by atoms with Crippen LogP contribution >= 0.6 is 36.2 Å². The van der Waals surface area contributed by atoms with Crippen molar-refractivity contribution in [2.45, 2.75) is 19.4 Å². The Labute approximate surface area is 159 Å². The molecule has 0 fully saturated rings. The molecule has 0 aliphatic carbocycles. The van der Waals surface area contributed by atoms with Gasteiger partial charge in [0.1, 0.15) is 10.7 Å². The molecule has 0 spiro atoms. The quantitative estimate of drug-likeness (QED) is 0.679. The van der Waals surface area contributed by atoms with Gasteiger partial charge in [-0.15, -0.1) is 36.2 Å². The van der Waals surface area contributed by atoms with Gasteiger partial charge in [-0.3, -0.25) is 4.79 Å². The van der Waals surface area contributed by atoms with E-state index in [2.05, 4.69) is 34.4 Å². The molecule has 0 aliphatic rings. The normalized spacial score (nSPS) is 9.58. The Morgan fingerprint density at radius 2 is 1.96 bits per heavy atom. The van der Waals surface area contributed by atoms with Crippen LogP contribution in [0, 0.1) is 0 Å². The maximum atomic E-state index is 11.9. The molecular formula is C16H24Cl2N4OS. The summed E-state index contributed by atoms with van der Waals surface area (Å²) in [7, 11) is 2.08. The molecule has 0 aliphatic heterocycles. The number of para-hydroxylation sites is 1. The Balaban J connectivity index is 0.00000264. The highest BCUT2D eigenvalue weighted by molar-refractivity contribution is 7.09. The fraction of sp³-hybridized carbons (Fsp3) is 0.375. The first-order valence-corrected chi connectivity index (χ1v) is 8.27. The minimum Gasteiger partial charge on any atom is -0.375 e. The zero-order valence-corrected chi connectivity index (χ0v) is 16.1. The summed E-state index contributed by atoms with van der Waals surface area (Å²) in [6.07, 6.45) is 1.97. The van der Waals surface area contributed by atoms with E-state index in [0.717, 1.165) is 24.4 Å². The first-order chi connectivity index (χ1) is 10.7. The van der Waals surface area contributed by atoms with Crippen molar-refractivity contribution < 1.29 is 4.79 Å². The van der Waals surface area contributed by atoms with Crippen LogP contribution < -0.4 is 16.0 Å². The molecule has 0 bridgehead atoms. The van der Waals surface area contributed by atoms with E-state index in [9.17, 15) is 4.79 Å². The second-order valence-corrected chi connectivity index (χ2v) is 5.99. The van der Waals surface area contributed by atoms with E-state index in [1.807, 2.05) is 18.2 Å². The number of nitrogens with zero attached hydrogens (tertiary/aromatic N) is 2. The molecule has 1 aromatic carbocycles. The minimum atomic E-state index is -0.118. The van der Waals surface area contributed by atoms with Crippen LogP contribution in [0.15, 0.2) is 35.7 Å². The van der Waals surface area contributed by atoms with Crippen molar-refractivity contribution in [1.29, 1.82) is 0 Å². The third-order valence-corrected chi connectivity index (χ3v) is 4.23. The number of rotatable bonds is 8. The molecule has 1 heterocycles. The predicted molar refractivity (Wildman–Crippen MR) is 106 cm³/mol. The molecule has 134 valence electrons. The second kappa shape index (κ2) is 12.1. The van der Waals surface area contributed by atoms with Crippen LogP contribution in [0.25, 0.3) is 0 Å². The molecule has 8 heteroatoms. The summed E-state index contributed by atoms with van der Waals surface area (Å²) in [6.45, 7) is 2.01. The Morgan fingerprint density at radius 3 is 2.58 bits per heavy atom. The first-order valence-electron chi connectivity index (χ1n) is 7.39. The lowest BCUT2D eigenvalue weighted by Crippen LogP contribution is -2.26. The number of hydrogen-bond acceptors (Lipinski definition) is 5. The van der Waals surface area contributed by atoms with E-state index < -0.39 is 0 Å². The SMILES string of the molecule is CN(CCCCNC(=O)c1csc(CN)n1)c1ccccc1.Cl.Cl. The third kappa shape index (κ3) is 7.05. The summed E-state index contributed by atoms with van der Waals surface area (Å²) >= 11 is 1.42. The largest absolute Gasteiger partial charge is 0.375 e. The van der Waals surface area contributed by atoms with Gasteiger partial charge in [0.15, 0.2) is 0 Å². The van der Waals surface area contributed by atoms with Crippen molar-refractivity contribution in [2.75, 3.05) is 25.0 Å². The highest BCUT2D eigenvalue weighted by atomic mass is 35.5. The third-order valence-electron chi connectivity index (χ3n) is 3.36. The van der Waals surface area contributed by atoms with Crippen LogP contribution in [-0.2, 0) is 6.54 Å². The molecule has 0 atom stereocenters. The van der Waals surface area contributed by atoms with Crippen LogP contribution in [0.4, 0.5) is 5.69 Å². The van der Waals surface area contributed by atoms with Gasteiger partial charge in [0.2, 0.25) is 0 Å². The summed E-state index contributed by atoms with van der Waals surface area (Å²) in [5.74, 6) is -0.118. The highest BCUT2D eigenvalue weighted by Crippen LogP contribution is 2.11. The van der Waals surface area contributed by atoms with Crippen LogP contribution in [-0.4, -0.2) is 31.0 Å². The lowest BCUT2D eigenvalue weighted by Gasteiger charge is -2.19. The molecule has 0 radical (unpaired) electrons. The monoisotopic (exact) mass is 390 g/mol. The van der Waals surface area contributed by atoms with E-state index in [-0.39, 0.29) is 30.7 Å². The Bertz CT molecular complexity index is 595. The molecule has 0 saturated heterocycles. The molecule has 5 nitrogen and oxygen atoms in total. The Kier molecular flexibility index (Phi) is 11.4. The molecule has 2 aromatic rings. The molecule has 3 N–H and O–H groups in total. The van der Waals surface area contributed by atoms with Gasteiger partial charge >= 0.3 is 0 Å². The van der Waals surface area contributed by atoms with Crippen molar-refractivity contribution in [3.63, 3.8) is 0 Å². The number of benzene rings is 1. The molecule has 0 unspecified atom stereocenters.